The van der Waals surface area contributed by atoms with Crippen LogP contribution in [0.5, 0.6) is 11.5 Å². The largest absolute Gasteiger partial charge is 0.493 e. The van der Waals surface area contributed by atoms with E-state index >= 15 is 0 Å². The molecule has 1 aliphatic rings. The van der Waals surface area contributed by atoms with E-state index in [0.717, 1.165) is 6.42 Å². The Hall–Kier alpha value is -2.66. The first-order valence-corrected chi connectivity index (χ1v) is 9.64. The van der Waals surface area contributed by atoms with Gasteiger partial charge in [0.25, 0.3) is 0 Å². The minimum Gasteiger partial charge on any atom is -0.493 e. The Labute approximate surface area is 172 Å². The second-order valence-corrected chi connectivity index (χ2v) is 6.85. The maximum absolute atomic E-state index is 12.6. The van der Waals surface area contributed by atoms with Crippen LogP contribution in [0.2, 0.25) is 0 Å². The van der Waals surface area contributed by atoms with Crippen molar-refractivity contribution in [3.63, 3.8) is 0 Å². The van der Waals surface area contributed by atoms with Gasteiger partial charge in [0, 0.05) is 0 Å². The number of nitrogens with zero attached hydrogens (tertiary/aromatic N) is 1. The number of esters is 1. The van der Waals surface area contributed by atoms with Crippen molar-refractivity contribution >= 4 is 21.9 Å². The first-order chi connectivity index (χ1) is 13.4. The van der Waals surface area contributed by atoms with Crippen LogP contribution in [0.4, 0.5) is 0 Å². The van der Waals surface area contributed by atoms with Gasteiger partial charge >= 0.3 is 5.97 Å². The minimum atomic E-state index is -0.747. The van der Waals surface area contributed by atoms with E-state index in [0.29, 0.717) is 33.9 Å². The summed E-state index contributed by atoms with van der Waals surface area (Å²) in [5.74, 6) is -0.0364. The average Bonchev–Trinajstić information content (AvgIpc) is 2.66. The summed E-state index contributed by atoms with van der Waals surface area (Å²) in [6.45, 7) is 6.05. The molecule has 8 heteroatoms. The van der Waals surface area contributed by atoms with Crippen molar-refractivity contribution in [1.82, 2.24) is 0 Å². The van der Waals surface area contributed by atoms with Crippen molar-refractivity contribution in [3.05, 3.63) is 45.0 Å². The lowest BCUT2D eigenvalue weighted by Crippen LogP contribution is -2.25. The second-order valence-electron chi connectivity index (χ2n) is 6.00. The zero-order valence-electron chi connectivity index (χ0n) is 16.3. The molecule has 0 amide bonds. The van der Waals surface area contributed by atoms with Gasteiger partial charge in [0.05, 0.1) is 36.3 Å². The van der Waals surface area contributed by atoms with Crippen LogP contribution in [0.1, 0.15) is 38.7 Å². The van der Waals surface area contributed by atoms with E-state index in [9.17, 15) is 10.1 Å². The fourth-order valence-electron chi connectivity index (χ4n) is 2.94. The second kappa shape index (κ2) is 9.51. The summed E-state index contributed by atoms with van der Waals surface area (Å²) in [5.41, 5.74) is 6.91. The van der Waals surface area contributed by atoms with Crippen LogP contribution in [0.25, 0.3) is 0 Å². The van der Waals surface area contributed by atoms with E-state index < -0.39 is 11.9 Å². The maximum atomic E-state index is 12.6. The third kappa shape index (κ3) is 4.25. The number of hydrogen-bond acceptors (Lipinski definition) is 7. The van der Waals surface area contributed by atoms with Crippen molar-refractivity contribution < 1.29 is 23.7 Å². The van der Waals surface area contributed by atoms with Gasteiger partial charge in [-0.15, -0.1) is 0 Å². The van der Waals surface area contributed by atoms with Crippen LogP contribution in [-0.2, 0) is 14.3 Å². The Morgan fingerprint density at radius 2 is 2.11 bits per heavy atom. The van der Waals surface area contributed by atoms with Crippen LogP contribution in [-0.4, -0.2) is 26.3 Å². The Bertz CT molecular complexity index is 870. The number of rotatable bonds is 7. The number of benzene rings is 1. The Balaban J connectivity index is 2.66. The lowest BCUT2D eigenvalue weighted by Gasteiger charge is -2.27. The Kier molecular flexibility index (Phi) is 7.35. The standard InChI is InChI=1S/C20H23BrN2O5/c1-5-7-27-18-14(21)8-12(9-15(18)25-4)17-13(10-22)19(23)28-11(3)16(17)20(24)26-6-2/h8-9,17H,5-7,23H2,1-4H3. The number of methoxy groups -OCH3 is 1. The lowest BCUT2D eigenvalue weighted by atomic mass is 9.83. The molecule has 0 bridgehead atoms. The molecule has 0 saturated heterocycles. The monoisotopic (exact) mass is 450 g/mol. The van der Waals surface area contributed by atoms with E-state index in [1.807, 2.05) is 6.92 Å². The van der Waals surface area contributed by atoms with Crippen LogP contribution in [0.15, 0.2) is 39.4 Å². The molecule has 1 aromatic rings. The number of halogens is 1. The topological polar surface area (TPSA) is 104 Å². The van der Waals surface area contributed by atoms with Crippen molar-refractivity contribution in [3.8, 4) is 17.6 Å². The molecule has 1 aromatic carbocycles. The van der Waals surface area contributed by atoms with Gasteiger partial charge in [-0.05, 0) is 53.9 Å². The number of carbonyl (C=O) groups excluding carboxylic acids is 1. The molecule has 150 valence electrons. The number of nitrogens with two attached hydrogens (primary N) is 1. The Morgan fingerprint density at radius 1 is 1.39 bits per heavy atom. The van der Waals surface area contributed by atoms with E-state index in [4.69, 9.17) is 24.7 Å². The molecule has 2 N–H and O–H groups in total. The maximum Gasteiger partial charge on any atom is 0.338 e. The summed E-state index contributed by atoms with van der Waals surface area (Å²) in [6, 6.07) is 5.56. The summed E-state index contributed by atoms with van der Waals surface area (Å²) < 4.78 is 22.5. The predicted molar refractivity (Wildman–Crippen MR) is 106 cm³/mol. The molecule has 0 fully saturated rings. The summed E-state index contributed by atoms with van der Waals surface area (Å²) in [5, 5.41) is 9.67. The Morgan fingerprint density at radius 3 is 2.68 bits per heavy atom. The quantitative estimate of drug-likeness (QED) is 0.628. The SMILES string of the molecule is CCCOc1c(Br)cc(C2C(C#N)=C(N)OC(C)=C2C(=O)OCC)cc1OC. The molecule has 7 nitrogen and oxygen atoms in total. The molecule has 0 saturated carbocycles. The fraction of sp³-hybridized carbons (Fsp3) is 0.400. The highest BCUT2D eigenvalue weighted by Gasteiger charge is 2.37. The van der Waals surface area contributed by atoms with Gasteiger partial charge in [0.15, 0.2) is 11.5 Å². The molecule has 1 heterocycles. The van der Waals surface area contributed by atoms with E-state index in [1.54, 1.807) is 26.0 Å². The minimum absolute atomic E-state index is 0.0422. The highest BCUT2D eigenvalue weighted by molar-refractivity contribution is 9.10. The van der Waals surface area contributed by atoms with Gasteiger partial charge in [-0.2, -0.15) is 5.26 Å². The van der Waals surface area contributed by atoms with E-state index in [1.165, 1.54) is 7.11 Å². The third-order valence-corrected chi connectivity index (χ3v) is 4.73. The highest BCUT2D eigenvalue weighted by Crippen LogP contribution is 2.45. The van der Waals surface area contributed by atoms with Gasteiger partial charge < -0.3 is 24.7 Å². The number of hydrogen-bond donors (Lipinski definition) is 1. The lowest BCUT2D eigenvalue weighted by molar-refractivity contribution is -0.139. The number of nitriles is 1. The van der Waals surface area contributed by atoms with Crippen molar-refractivity contribution in [1.29, 1.82) is 5.26 Å². The molecule has 0 aromatic heterocycles. The molecule has 2 rings (SSSR count). The van der Waals surface area contributed by atoms with Gasteiger partial charge in [-0.25, -0.2) is 4.79 Å². The van der Waals surface area contributed by atoms with E-state index in [-0.39, 0.29) is 23.6 Å². The van der Waals surface area contributed by atoms with Crippen LogP contribution < -0.4 is 15.2 Å². The van der Waals surface area contributed by atoms with Gasteiger partial charge in [-0.3, -0.25) is 0 Å². The molecule has 1 atom stereocenters. The summed E-state index contributed by atoms with van der Waals surface area (Å²) in [4.78, 5) is 12.6. The average molecular weight is 451 g/mol. The van der Waals surface area contributed by atoms with Crippen LogP contribution >= 0.6 is 15.9 Å². The molecular weight excluding hydrogens is 428 g/mol. The smallest absolute Gasteiger partial charge is 0.338 e. The molecule has 0 radical (unpaired) electrons. The van der Waals surface area contributed by atoms with Crippen LogP contribution in [0, 0.1) is 11.3 Å². The fourth-order valence-corrected chi connectivity index (χ4v) is 3.51. The first kappa shape index (κ1) is 21.6. The van der Waals surface area contributed by atoms with Gasteiger partial charge in [-0.1, -0.05) is 6.92 Å². The summed E-state index contributed by atoms with van der Waals surface area (Å²) in [6.07, 6.45) is 0.837. The third-order valence-electron chi connectivity index (χ3n) is 4.14. The summed E-state index contributed by atoms with van der Waals surface area (Å²) in [7, 11) is 1.52. The van der Waals surface area contributed by atoms with Crippen molar-refractivity contribution in [2.24, 2.45) is 5.73 Å². The zero-order chi connectivity index (χ0) is 20.8. The number of ether oxygens (including phenoxy) is 4. The molecule has 0 aliphatic carbocycles. The molecular formula is C20H23BrN2O5. The zero-order valence-corrected chi connectivity index (χ0v) is 17.9. The molecule has 28 heavy (non-hydrogen) atoms. The van der Waals surface area contributed by atoms with Crippen molar-refractivity contribution in [2.45, 2.75) is 33.1 Å². The number of carbonyl (C=O) groups is 1. The van der Waals surface area contributed by atoms with Gasteiger partial charge in [0.2, 0.25) is 5.88 Å². The van der Waals surface area contributed by atoms with E-state index in [2.05, 4.69) is 22.0 Å². The molecule has 1 unspecified atom stereocenters. The van der Waals surface area contributed by atoms with Crippen molar-refractivity contribution in [2.75, 3.05) is 20.3 Å². The highest BCUT2D eigenvalue weighted by atomic mass is 79.9. The van der Waals surface area contributed by atoms with Gasteiger partial charge in [0.1, 0.15) is 17.4 Å². The first-order valence-electron chi connectivity index (χ1n) is 8.85. The normalized spacial score (nSPS) is 16.4. The molecule has 1 aliphatic heterocycles. The molecule has 0 spiro atoms. The predicted octanol–water partition coefficient (Wildman–Crippen LogP) is 3.89. The van der Waals surface area contributed by atoms with Crippen LogP contribution in [0.3, 0.4) is 0 Å². The number of allylic oxidation sites excluding steroid dienone is 2. The summed E-state index contributed by atoms with van der Waals surface area (Å²) >= 11 is 3.50.